The molecule has 1 saturated heterocycles. The number of amides is 1. The zero-order chi connectivity index (χ0) is 27.3. The molecule has 1 fully saturated rings. The third-order valence-corrected chi connectivity index (χ3v) is 10.4. The molecule has 1 amide bonds. The Balaban J connectivity index is 1.56. The minimum Gasteiger partial charge on any atom is -0.325 e. The van der Waals surface area contributed by atoms with Crippen LogP contribution in [0.4, 0.5) is 11.4 Å². The standard InChI is InChI=1S/C26H27Cl2N3O5S2/c27-20-10-15-24(28)25(18-20)31(38(35,36)22-8-4-3-5-9-22)19-26(32)29-21-11-13-23(14-12-21)37(33,34)30-16-6-1-2-7-17-30/h3-5,8-15,18H,1-2,6-7,16-17,19H2,(H,29,32). The van der Waals surface area contributed by atoms with Gasteiger partial charge < -0.3 is 5.32 Å². The Bertz CT molecular complexity index is 1490. The third kappa shape index (κ3) is 6.50. The van der Waals surface area contributed by atoms with Gasteiger partial charge in [-0.1, -0.05) is 54.2 Å². The van der Waals surface area contributed by atoms with Gasteiger partial charge in [-0.05, 0) is 67.4 Å². The molecular formula is C26H27Cl2N3O5S2. The van der Waals surface area contributed by atoms with Gasteiger partial charge in [0.1, 0.15) is 6.54 Å². The number of hydrogen-bond donors (Lipinski definition) is 1. The van der Waals surface area contributed by atoms with Crippen LogP contribution < -0.4 is 9.62 Å². The summed E-state index contributed by atoms with van der Waals surface area (Å²) in [5, 5.41) is 2.99. The summed E-state index contributed by atoms with van der Waals surface area (Å²) in [6.45, 7) is 0.377. The minimum atomic E-state index is -4.18. The third-order valence-electron chi connectivity index (χ3n) is 6.14. The molecule has 1 heterocycles. The van der Waals surface area contributed by atoms with Crippen LogP contribution in [0.1, 0.15) is 25.7 Å². The molecule has 0 unspecified atom stereocenters. The van der Waals surface area contributed by atoms with Crippen LogP contribution in [0.3, 0.4) is 0 Å². The van der Waals surface area contributed by atoms with Gasteiger partial charge in [0.05, 0.1) is 20.5 Å². The number of sulfonamides is 2. The van der Waals surface area contributed by atoms with Gasteiger partial charge in [0.25, 0.3) is 10.0 Å². The van der Waals surface area contributed by atoms with E-state index in [2.05, 4.69) is 5.32 Å². The fraction of sp³-hybridized carbons (Fsp3) is 0.269. The Morgan fingerprint density at radius 1 is 0.816 bits per heavy atom. The second kappa shape index (κ2) is 12.0. The SMILES string of the molecule is O=C(CN(c1cc(Cl)ccc1Cl)S(=O)(=O)c1ccccc1)Nc1ccc(S(=O)(=O)N2CCCCCC2)cc1. The van der Waals surface area contributed by atoms with E-state index in [4.69, 9.17) is 23.2 Å². The number of halogens is 2. The maximum Gasteiger partial charge on any atom is 0.264 e. The first kappa shape index (κ1) is 28.4. The van der Waals surface area contributed by atoms with Crippen LogP contribution in [-0.2, 0) is 24.8 Å². The highest BCUT2D eigenvalue weighted by Crippen LogP contribution is 2.33. The Hall–Kier alpha value is -2.63. The predicted molar refractivity (Wildman–Crippen MR) is 150 cm³/mol. The van der Waals surface area contributed by atoms with Crippen molar-refractivity contribution in [1.29, 1.82) is 0 Å². The summed E-state index contributed by atoms with van der Waals surface area (Å²) < 4.78 is 55.4. The molecule has 0 aliphatic carbocycles. The van der Waals surface area contributed by atoms with Crippen LogP contribution in [0.25, 0.3) is 0 Å². The van der Waals surface area contributed by atoms with Crippen molar-refractivity contribution in [2.75, 3.05) is 29.3 Å². The molecule has 0 saturated carbocycles. The van der Waals surface area contributed by atoms with Gasteiger partial charge in [-0.2, -0.15) is 4.31 Å². The molecule has 0 radical (unpaired) electrons. The van der Waals surface area contributed by atoms with Gasteiger partial charge in [0.15, 0.2) is 0 Å². The summed E-state index contributed by atoms with van der Waals surface area (Å²) in [6, 6.07) is 17.8. The van der Waals surface area contributed by atoms with Crippen LogP contribution in [-0.4, -0.2) is 46.7 Å². The Morgan fingerprint density at radius 2 is 1.45 bits per heavy atom. The van der Waals surface area contributed by atoms with E-state index in [0.717, 1.165) is 30.0 Å². The number of benzene rings is 3. The van der Waals surface area contributed by atoms with Crippen molar-refractivity contribution in [2.45, 2.75) is 35.5 Å². The van der Waals surface area contributed by atoms with Crippen LogP contribution in [0, 0.1) is 0 Å². The molecule has 202 valence electrons. The molecule has 0 atom stereocenters. The van der Waals surface area contributed by atoms with E-state index in [9.17, 15) is 21.6 Å². The fourth-order valence-electron chi connectivity index (χ4n) is 4.17. The highest BCUT2D eigenvalue weighted by atomic mass is 35.5. The number of hydrogen-bond acceptors (Lipinski definition) is 5. The molecule has 8 nitrogen and oxygen atoms in total. The minimum absolute atomic E-state index is 0.0214. The summed E-state index contributed by atoms with van der Waals surface area (Å²) in [6.07, 6.45) is 3.67. The lowest BCUT2D eigenvalue weighted by molar-refractivity contribution is -0.114. The highest BCUT2D eigenvalue weighted by Gasteiger charge is 2.29. The first-order chi connectivity index (χ1) is 18.1. The fourth-order valence-corrected chi connectivity index (χ4v) is 7.57. The molecule has 3 aromatic carbocycles. The predicted octanol–water partition coefficient (Wildman–Crippen LogP) is 5.39. The quantitative estimate of drug-likeness (QED) is 0.376. The smallest absolute Gasteiger partial charge is 0.264 e. The Labute approximate surface area is 233 Å². The summed E-state index contributed by atoms with van der Waals surface area (Å²) in [4.78, 5) is 13.1. The Kier molecular flexibility index (Phi) is 9.00. The van der Waals surface area contributed by atoms with Crippen LogP contribution >= 0.6 is 23.2 Å². The zero-order valence-electron chi connectivity index (χ0n) is 20.4. The second-order valence-electron chi connectivity index (χ2n) is 8.81. The van der Waals surface area contributed by atoms with Crippen LogP contribution in [0.15, 0.2) is 82.6 Å². The second-order valence-corrected chi connectivity index (χ2v) is 13.5. The number of carbonyl (C=O) groups excluding carboxylic acids is 1. The van der Waals surface area contributed by atoms with Gasteiger partial charge in [-0.25, -0.2) is 16.8 Å². The lowest BCUT2D eigenvalue weighted by atomic mass is 10.2. The van der Waals surface area contributed by atoms with E-state index < -0.39 is 32.5 Å². The average molecular weight is 597 g/mol. The van der Waals surface area contributed by atoms with Crippen LogP contribution in [0.5, 0.6) is 0 Å². The topological polar surface area (TPSA) is 104 Å². The van der Waals surface area contributed by atoms with Crippen molar-refractivity contribution in [3.8, 4) is 0 Å². The molecule has 4 rings (SSSR count). The molecule has 1 N–H and O–H groups in total. The molecule has 1 aliphatic heterocycles. The van der Waals surface area contributed by atoms with E-state index in [1.165, 1.54) is 58.9 Å². The molecular weight excluding hydrogens is 569 g/mol. The van der Waals surface area contributed by atoms with Crippen molar-refractivity contribution < 1.29 is 21.6 Å². The van der Waals surface area contributed by atoms with E-state index in [1.54, 1.807) is 18.2 Å². The average Bonchev–Trinajstić information content (AvgIpc) is 3.20. The zero-order valence-corrected chi connectivity index (χ0v) is 23.5. The molecule has 38 heavy (non-hydrogen) atoms. The van der Waals surface area contributed by atoms with Crippen molar-refractivity contribution in [2.24, 2.45) is 0 Å². The first-order valence-electron chi connectivity index (χ1n) is 12.0. The summed E-state index contributed by atoms with van der Waals surface area (Å²) in [7, 11) is -7.82. The lowest BCUT2D eigenvalue weighted by Gasteiger charge is -2.25. The van der Waals surface area contributed by atoms with Crippen molar-refractivity contribution in [3.63, 3.8) is 0 Å². The number of anilines is 2. The van der Waals surface area contributed by atoms with Gasteiger partial charge in [0.2, 0.25) is 15.9 Å². The normalized spacial score (nSPS) is 15.0. The van der Waals surface area contributed by atoms with E-state index in [1.807, 2.05) is 0 Å². The maximum atomic E-state index is 13.5. The maximum absolute atomic E-state index is 13.5. The molecule has 1 aliphatic rings. The highest BCUT2D eigenvalue weighted by molar-refractivity contribution is 7.93. The first-order valence-corrected chi connectivity index (χ1v) is 15.7. The van der Waals surface area contributed by atoms with Crippen molar-refractivity contribution in [3.05, 3.63) is 82.8 Å². The largest absolute Gasteiger partial charge is 0.325 e. The van der Waals surface area contributed by atoms with Gasteiger partial charge in [-0.3, -0.25) is 9.10 Å². The van der Waals surface area contributed by atoms with Gasteiger partial charge in [0, 0.05) is 23.8 Å². The molecule has 12 heteroatoms. The summed E-state index contributed by atoms with van der Waals surface area (Å²) in [5.74, 6) is -0.649. The number of nitrogens with one attached hydrogen (secondary N) is 1. The number of rotatable bonds is 8. The summed E-state index contributed by atoms with van der Waals surface area (Å²) >= 11 is 12.4. The van der Waals surface area contributed by atoms with E-state index in [-0.39, 0.29) is 25.5 Å². The van der Waals surface area contributed by atoms with Crippen LogP contribution in [0.2, 0.25) is 10.0 Å². The van der Waals surface area contributed by atoms with E-state index >= 15 is 0 Å². The molecule has 0 spiro atoms. The van der Waals surface area contributed by atoms with Gasteiger partial charge in [-0.15, -0.1) is 0 Å². The molecule has 0 bridgehead atoms. The van der Waals surface area contributed by atoms with Gasteiger partial charge >= 0.3 is 0 Å². The van der Waals surface area contributed by atoms with E-state index in [0.29, 0.717) is 18.8 Å². The molecule has 0 aromatic heterocycles. The Morgan fingerprint density at radius 3 is 2.08 bits per heavy atom. The van der Waals surface area contributed by atoms with Crippen molar-refractivity contribution in [1.82, 2.24) is 4.31 Å². The lowest BCUT2D eigenvalue weighted by Crippen LogP contribution is -2.38. The molecule has 3 aromatic rings. The number of carbonyl (C=O) groups is 1. The van der Waals surface area contributed by atoms with Crippen molar-refractivity contribution >= 4 is 60.5 Å². The monoisotopic (exact) mass is 595 g/mol. The number of nitrogens with zero attached hydrogens (tertiary/aromatic N) is 2. The summed E-state index contributed by atoms with van der Waals surface area (Å²) in [5.41, 5.74) is 0.371.